The van der Waals surface area contributed by atoms with Crippen molar-refractivity contribution < 1.29 is 19.4 Å². The van der Waals surface area contributed by atoms with E-state index in [9.17, 15) is 4.79 Å². The number of carboxylic acids is 1. The van der Waals surface area contributed by atoms with Crippen molar-refractivity contribution in [2.24, 2.45) is 0 Å². The first kappa shape index (κ1) is 19.4. The van der Waals surface area contributed by atoms with Gasteiger partial charge in [-0.05, 0) is 6.42 Å². The minimum atomic E-state index is -0.843. The van der Waals surface area contributed by atoms with E-state index >= 15 is 0 Å². The Bertz CT molecular complexity index is 285. The molecule has 1 fully saturated rings. The Kier molecular flexibility index (Phi) is 10.5. The fourth-order valence-corrected chi connectivity index (χ4v) is 3.12. The third-order valence-electron chi connectivity index (χ3n) is 4.40. The van der Waals surface area contributed by atoms with Crippen LogP contribution in [0.3, 0.4) is 0 Å². The van der Waals surface area contributed by atoms with Crippen LogP contribution in [0, 0.1) is 0 Å². The molecule has 0 unspecified atom stereocenters. The fourth-order valence-electron chi connectivity index (χ4n) is 3.12. The van der Waals surface area contributed by atoms with E-state index < -0.39 is 11.8 Å². The van der Waals surface area contributed by atoms with Crippen LogP contribution in [0.15, 0.2) is 0 Å². The molecule has 1 heterocycles. The molecule has 0 amide bonds. The van der Waals surface area contributed by atoms with Crippen LogP contribution < -0.4 is 0 Å². The normalized spacial score (nSPS) is 17.0. The van der Waals surface area contributed by atoms with Gasteiger partial charge in [-0.25, -0.2) is 0 Å². The largest absolute Gasteiger partial charge is 0.481 e. The zero-order chi connectivity index (χ0) is 16.1. The maximum atomic E-state index is 10.9. The van der Waals surface area contributed by atoms with E-state index in [1.54, 1.807) is 0 Å². The Morgan fingerprint density at radius 3 is 1.77 bits per heavy atom. The fraction of sp³-hybridized carbons (Fsp3) is 0.944. The average molecular weight is 314 g/mol. The van der Waals surface area contributed by atoms with Gasteiger partial charge >= 0.3 is 5.97 Å². The summed E-state index contributed by atoms with van der Waals surface area (Å²) in [5.74, 6) is -1.68. The van der Waals surface area contributed by atoms with Crippen molar-refractivity contribution in [3.63, 3.8) is 0 Å². The van der Waals surface area contributed by atoms with Crippen molar-refractivity contribution in [1.29, 1.82) is 0 Å². The minimum Gasteiger partial charge on any atom is -0.481 e. The van der Waals surface area contributed by atoms with Crippen LogP contribution in [-0.4, -0.2) is 30.1 Å². The van der Waals surface area contributed by atoms with E-state index in [4.69, 9.17) is 14.6 Å². The Morgan fingerprint density at radius 1 is 0.864 bits per heavy atom. The topological polar surface area (TPSA) is 55.8 Å². The van der Waals surface area contributed by atoms with E-state index in [0.29, 0.717) is 19.6 Å². The van der Waals surface area contributed by atoms with Crippen LogP contribution in [0.4, 0.5) is 0 Å². The summed E-state index contributed by atoms with van der Waals surface area (Å²) in [4.78, 5) is 10.9. The van der Waals surface area contributed by atoms with Crippen molar-refractivity contribution >= 4 is 5.97 Å². The van der Waals surface area contributed by atoms with Gasteiger partial charge in [0.05, 0.1) is 19.6 Å². The van der Waals surface area contributed by atoms with Gasteiger partial charge in [-0.15, -0.1) is 0 Å². The highest BCUT2D eigenvalue weighted by Crippen LogP contribution is 2.29. The third kappa shape index (κ3) is 8.74. The number of carbonyl (C=O) groups is 1. The quantitative estimate of drug-likeness (QED) is 0.463. The lowest BCUT2D eigenvalue weighted by molar-refractivity contribution is -0.182. The SMILES string of the molecule is CCCCCCCCCCCCCC1(CC(=O)O)OCCO1. The maximum Gasteiger partial charge on any atom is 0.308 e. The van der Waals surface area contributed by atoms with Crippen molar-refractivity contribution in [3.8, 4) is 0 Å². The standard InChI is InChI=1S/C18H34O4/c1-2-3-4-5-6-7-8-9-10-11-12-13-18(16-17(19)20)21-14-15-22-18/h2-16H2,1H3,(H,19,20). The van der Waals surface area contributed by atoms with Gasteiger partial charge in [0.2, 0.25) is 0 Å². The van der Waals surface area contributed by atoms with Crippen molar-refractivity contribution in [2.45, 2.75) is 96.2 Å². The summed E-state index contributed by atoms with van der Waals surface area (Å²) in [6.07, 6.45) is 14.9. The molecule has 0 aromatic heterocycles. The van der Waals surface area contributed by atoms with E-state index in [-0.39, 0.29) is 6.42 Å². The first-order chi connectivity index (χ1) is 10.7. The molecule has 0 radical (unpaired) electrons. The van der Waals surface area contributed by atoms with Gasteiger partial charge in [0, 0.05) is 6.42 Å². The summed E-state index contributed by atoms with van der Waals surface area (Å²) in [5, 5.41) is 8.96. The second-order valence-corrected chi connectivity index (χ2v) is 6.46. The van der Waals surface area contributed by atoms with Crippen LogP contribution in [-0.2, 0) is 14.3 Å². The lowest BCUT2D eigenvalue weighted by Gasteiger charge is -2.25. The van der Waals surface area contributed by atoms with E-state index in [0.717, 1.165) is 12.8 Å². The molecule has 1 aliphatic heterocycles. The molecule has 0 aromatic carbocycles. The Hall–Kier alpha value is -0.610. The highest BCUT2D eigenvalue weighted by atomic mass is 16.7. The van der Waals surface area contributed by atoms with Gasteiger partial charge in [-0.1, -0.05) is 71.1 Å². The van der Waals surface area contributed by atoms with Crippen LogP contribution in [0.5, 0.6) is 0 Å². The lowest BCUT2D eigenvalue weighted by atomic mass is 10.0. The molecule has 4 heteroatoms. The second-order valence-electron chi connectivity index (χ2n) is 6.46. The zero-order valence-corrected chi connectivity index (χ0v) is 14.3. The molecular weight excluding hydrogens is 280 g/mol. The number of hydrogen-bond donors (Lipinski definition) is 1. The molecule has 0 spiro atoms. The first-order valence-electron chi connectivity index (χ1n) is 9.18. The molecule has 0 aliphatic carbocycles. The van der Waals surface area contributed by atoms with E-state index in [1.165, 1.54) is 57.8 Å². The Labute approximate surface area is 135 Å². The summed E-state index contributed by atoms with van der Waals surface area (Å²) in [6.45, 7) is 3.29. The summed E-state index contributed by atoms with van der Waals surface area (Å²) in [7, 11) is 0. The lowest BCUT2D eigenvalue weighted by Crippen LogP contribution is -2.33. The van der Waals surface area contributed by atoms with Crippen molar-refractivity contribution in [2.75, 3.05) is 13.2 Å². The number of ether oxygens (including phenoxy) is 2. The summed E-state index contributed by atoms with van der Waals surface area (Å²) in [5.41, 5.74) is 0. The molecule has 1 aliphatic rings. The molecule has 4 nitrogen and oxygen atoms in total. The highest BCUT2D eigenvalue weighted by molar-refractivity contribution is 5.67. The molecule has 1 saturated heterocycles. The molecule has 1 rings (SSSR count). The second kappa shape index (κ2) is 11.9. The minimum absolute atomic E-state index is 0.0369. The van der Waals surface area contributed by atoms with E-state index in [1.807, 2.05) is 0 Å². The number of hydrogen-bond acceptors (Lipinski definition) is 3. The summed E-state index contributed by atoms with van der Waals surface area (Å²) < 4.78 is 11.1. The van der Waals surface area contributed by atoms with Gasteiger partial charge < -0.3 is 14.6 Å². The van der Waals surface area contributed by atoms with Gasteiger partial charge in [-0.2, -0.15) is 0 Å². The molecule has 0 saturated carbocycles. The van der Waals surface area contributed by atoms with Crippen LogP contribution in [0.1, 0.15) is 90.4 Å². The van der Waals surface area contributed by atoms with Crippen molar-refractivity contribution in [3.05, 3.63) is 0 Å². The van der Waals surface area contributed by atoms with Gasteiger partial charge in [0.15, 0.2) is 5.79 Å². The Morgan fingerprint density at radius 2 is 1.32 bits per heavy atom. The molecule has 1 N–H and O–H groups in total. The first-order valence-corrected chi connectivity index (χ1v) is 9.18. The average Bonchev–Trinajstić information content (AvgIpc) is 2.92. The van der Waals surface area contributed by atoms with Gasteiger partial charge in [0.1, 0.15) is 0 Å². The number of rotatable bonds is 14. The van der Waals surface area contributed by atoms with Crippen LogP contribution >= 0.6 is 0 Å². The predicted octanol–water partition coefficient (Wildman–Crippen LogP) is 4.91. The van der Waals surface area contributed by atoms with Crippen LogP contribution in [0.2, 0.25) is 0 Å². The number of aliphatic carboxylic acids is 1. The maximum absolute atomic E-state index is 10.9. The third-order valence-corrected chi connectivity index (χ3v) is 4.40. The molecule has 0 atom stereocenters. The number of carboxylic acid groups (broad SMARTS) is 1. The molecule has 130 valence electrons. The molecular formula is C18H34O4. The zero-order valence-electron chi connectivity index (χ0n) is 14.3. The van der Waals surface area contributed by atoms with Gasteiger partial charge in [0.25, 0.3) is 0 Å². The monoisotopic (exact) mass is 314 g/mol. The van der Waals surface area contributed by atoms with Gasteiger partial charge in [-0.3, -0.25) is 4.79 Å². The molecule has 0 bridgehead atoms. The Balaban J connectivity index is 1.95. The highest BCUT2D eigenvalue weighted by Gasteiger charge is 2.38. The van der Waals surface area contributed by atoms with E-state index in [2.05, 4.69) is 6.92 Å². The molecule has 0 aromatic rings. The molecule has 22 heavy (non-hydrogen) atoms. The summed E-state index contributed by atoms with van der Waals surface area (Å²) >= 11 is 0. The smallest absolute Gasteiger partial charge is 0.308 e. The summed E-state index contributed by atoms with van der Waals surface area (Å²) in [6, 6.07) is 0. The number of unbranched alkanes of at least 4 members (excludes halogenated alkanes) is 10. The van der Waals surface area contributed by atoms with Crippen molar-refractivity contribution in [1.82, 2.24) is 0 Å². The van der Waals surface area contributed by atoms with Crippen LogP contribution in [0.25, 0.3) is 0 Å². The predicted molar refractivity (Wildman–Crippen MR) is 88.0 cm³/mol.